The van der Waals surface area contributed by atoms with Crippen LogP contribution in [0.25, 0.3) is 10.9 Å². The smallest absolute Gasteiger partial charge is 0.276 e. The van der Waals surface area contributed by atoms with Gasteiger partial charge in [-0.15, -0.1) is 10.2 Å². The van der Waals surface area contributed by atoms with E-state index in [-0.39, 0.29) is 6.04 Å². The lowest BCUT2D eigenvalue weighted by molar-refractivity contribution is 0.385. The van der Waals surface area contributed by atoms with Crippen LogP contribution >= 0.6 is 23.4 Å². The van der Waals surface area contributed by atoms with E-state index in [0.29, 0.717) is 17.5 Å². The number of hydrogen-bond acceptors (Lipinski definition) is 5. The summed E-state index contributed by atoms with van der Waals surface area (Å²) < 4.78 is 5.73. The van der Waals surface area contributed by atoms with E-state index in [1.165, 1.54) is 17.1 Å². The van der Waals surface area contributed by atoms with Crippen LogP contribution in [0.15, 0.2) is 64.4 Å². The number of nitrogens with two attached hydrogens (primary N) is 1. The second-order valence-corrected chi connectivity index (χ2v) is 7.35. The van der Waals surface area contributed by atoms with Crippen LogP contribution in [0.5, 0.6) is 0 Å². The Balaban J connectivity index is 1.41. The fraction of sp³-hybridized carbons (Fsp3) is 0.158. The Morgan fingerprint density at radius 3 is 2.77 bits per heavy atom. The van der Waals surface area contributed by atoms with Crippen molar-refractivity contribution in [2.24, 2.45) is 5.73 Å². The second-order valence-electron chi connectivity index (χ2n) is 5.99. The van der Waals surface area contributed by atoms with Crippen molar-refractivity contribution in [3.05, 3.63) is 76.8 Å². The van der Waals surface area contributed by atoms with E-state index in [4.69, 9.17) is 21.8 Å². The molecule has 2 heterocycles. The molecule has 132 valence electrons. The Morgan fingerprint density at radius 2 is 1.92 bits per heavy atom. The molecule has 3 N–H and O–H groups in total. The summed E-state index contributed by atoms with van der Waals surface area (Å²) in [6, 6.07) is 15.5. The van der Waals surface area contributed by atoms with Crippen LogP contribution in [0, 0.1) is 0 Å². The van der Waals surface area contributed by atoms with Gasteiger partial charge in [-0.05, 0) is 35.7 Å². The zero-order chi connectivity index (χ0) is 17.9. The number of thioether (sulfide) groups is 1. The minimum atomic E-state index is -0.341. The van der Waals surface area contributed by atoms with Crippen LogP contribution in [0.4, 0.5) is 0 Å². The van der Waals surface area contributed by atoms with Crippen molar-refractivity contribution in [2.45, 2.75) is 23.4 Å². The molecule has 0 spiro atoms. The monoisotopic (exact) mass is 384 g/mol. The Bertz CT molecular complexity index is 1010. The number of para-hydroxylation sites is 1. The van der Waals surface area contributed by atoms with Crippen molar-refractivity contribution >= 4 is 34.3 Å². The first kappa shape index (κ1) is 17.1. The standard InChI is InChI=1S/C19H17ClN4OS/c20-14-7-5-12(6-8-14)11-26-19-24-23-18(25-19)16(21)9-13-10-22-17-4-2-1-3-15(13)17/h1-8,10,16,22H,9,11,21H2/t16-/m0/s1. The molecule has 0 saturated carbocycles. The molecule has 4 rings (SSSR count). The Morgan fingerprint density at radius 1 is 1.12 bits per heavy atom. The third-order valence-electron chi connectivity index (χ3n) is 4.13. The lowest BCUT2D eigenvalue weighted by atomic mass is 10.1. The third kappa shape index (κ3) is 3.77. The zero-order valence-corrected chi connectivity index (χ0v) is 15.4. The predicted octanol–water partition coefficient (Wildman–Crippen LogP) is 4.74. The maximum atomic E-state index is 6.28. The fourth-order valence-electron chi connectivity index (χ4n) is 2.78. The molecule has 0 bridgehead atoms. The number of hydrogen-bond donors (Lipinski definition) is 2. The molecule has 0 radical (unpaired) electrons. The molecule has 0 unspecified atom stereocenters. The van der Waals surface area contributed by atoms with Gasteiger partial charge in [0.05, 0.1) is 6.04 Å². The highest BCUT2D eigenvalue weighted by Gasteiger charge is 2.17. The van der Waals surface area contributed by atoms with Gasteiger partial charge in [-0.1, -0.05) is 53.7 Å². The molecule has 7 heteroatoms. The SMILES string of the molecule is N[C@@H](Cc1c[nH]c2ccccc12)c1nnc(SCc2ccc(Cl)cc2)o1. The van der Waals surface area contributed by atoms with Crippen LogP contribution in [0.1, 0.15) is 23.1 Å². The van der Waals surface area contributed by atoms with E-state index >= 15 is 0 Å². The highest BCUT2D eigenvalue weighted by atomic mass is 35.5. The number of aromatic nitrogens is 3. The molecule has 0 saturated heterocycles. The van der Waals surface area contributed by atoms with Crippen molar-refractivity contribution in [1.29, 1.82) is 0 Å². The van der Waals surface area contributed by atoms with E-state index in [2.05, 4.69) is 21.2 Å². The first-order valence-corrected chi connectivity index (χ1v) is 9.56. The molecule has 0 fully saturated rings. The van der Waals surface area contributed by atoms with Gasteiger partial charge in [0, 0.05) is 27.9 Å². The number of benzene rings is 2. The number of aromatic amines is 1. The summed E-state index contributed by atoms with van der Waals surface area (Å²) in [5, 5.41) is 10.6. The Hall–Kier alpha value is -2.28. The van der Waals surface area contributed by atoms with Gasteiger partial charge in [0.2, 0.25) is 5.89 Å². The molecule has 2 aromatic carbocycles. The molecule has 5 nitrogen and oxygen atoms in total. The Kier molecular flexibility index (Phi) is 4.97. The maximum Gasteiger partial charge on any atom is 0.276 e. The Labute approximate surface area is 159 Å². The van der Waals surface area contributed by atoms with Gasteiger partial charge in [-0.25, -0.2) is 0 Å². The largest absolute Gasteiger partial charge is 0.414 e. The van der Waals surface area contributed by atoms with E-state index < -0.39 is 0 Å². The number of rotatable bonds is 6. The fourth-order valence-corrected chi connectivity index (χ4v) is 3.63. The average molecular weight is 385 g/mol. The van der Waals surface area contributed by atoms with E-state index in [1.54, 1.807) is 0 Å². The number of halogens is 1. The molecule has 0 aliphatic heterocycles. The molecule has 0 aliphatic rings. The summed E-state index contributed by atoms with van der Waals surface area (Å²) in [6.07, 6.45) is 2.62. The van der Waals surface area contributed by atoms with Gasteiger partial charge in [-0.2, -0.15) is 0 Å². The second kappa shape index (κ2) is 7.53. The van der Waals surface area contributed by atoms with Gasteiger partial charge in [0.15, 0.2) is 0 Å². The van der Waals surface area contributed by atoms with Crippen LogP contribution in [0.2, 0.25) is 5.02 Å². The third-order valence-corrected chi connectivity index (χ3v) is 5.27. The minimum Gasteiger partial charge on any atom is -0.414 e. The predicted molar refractivity (Wildman–Crippen MR) is 104 cm³/mol. The van der Waals surface area contributed by atoms with Crippen LogP contribution in [-0.4, -0.2) is 15.2 Å². The first-order chi connectivity index (χ1) is 12.7. The van der Waals surface area contributed by atoms with Crippen molar-refractivity contribution in [2.75, 3.05) is 0 Å². The number of H-pyrrole nitrogens is 1. The molecule has 1 atom stereocenters. The molecular formula is C19H17ClN4OS. The lowest BCUT2D eigenvalue weighted by Gasteiger charge is -2.05. The lowest BCUT2D eigenvalue weighted by Crippen LogP contribution is -2.13. The summed E-state index contributed by atoms with van der Waals surface area (Å²) in [4.78, 5) is 3.26. The number of nitrogens with zero attached hydrogens (tertiary/aromatic N) is 2. The van der Waals surface area contributed by atoms with Gasteiger partial charge in [0.25, 0.3) is 5.22 Å². The summed E-state index contributed by atoms with van der Waals surface area (Å²) >= 11 is 7.38. The van der Waals surface area contributed by atoms with Gasteiger partial charge >= 0.3 is 0 Å². The van der Waals surface area contributed by atoms with Gasteiger partial charge < -0.3 is 15.1 Å². The maximum absolute atomic E-state index is 6.28. The summed E-state index contributed by atoms with van der Waals surface area (Å²) in [6.45, 7) is 0. The molecule has 2 aromatic heterocycles. The summed E-state index contributed by atoms with van der Waals surface area (Å²) in [5.74, 6) is 1.19. The molecular weight excluding hydrogens is 368 g/mol. The minimum absolute atomic E-state index is 0.341. The van der Waals surface area contributed by atoms with Crippen LogP contribution < -0.4 is 5.73 Å². The highest BCUT2D eigenvalue weighted by molar-refractivity contribution is 7.98. The quantitative estimate of drug-likeness (QED) is 0.469. The summed E-state index contributed by atoms with van der Waals surface area (Å²) in [5.41, 5.74) is 9.66. The molecule has 0 aliphatic carbocycles. The zero-order valence-electron chi connectivity index (χ0n) is 13.9. The molecule has 26 heavy (non-hydrogen) atoms. The van der Waals surface area contributed by atoms with E-state index in [9.17, 15) is 0 Å². The van der Waals surface area contributed by atoms with Crippen molar-refractivity contribution in [3.63, 3.8) is 0 Å². The topological polar surface area (TPSA) is 80.7 Å². The van der Waals surface area contributed by atoms with Crippen molar-refractivity contribution in [1.82, 2.24) is 15.2 Å². The molecule has 4 aromatic rings. The van der Waals surface area contributed by atoms with Crippen LogP contribution in [-0.2, 0) is 12.2 Å². The highest BCUT2D eigenvalue weighted by Crippen LogP contribution is 2.26. The number of fused-ring (bicyclic) bond motifs is 1. The summed E-state index contributed by atoms with van der Waals surface area (Å²) in [7, 11) is 0. The van der Waals surface area contributed by atoms with Crippen molar-refractivity contribution < 1.29 is 4.42 Å². The molecule has 0 amide bonds. The van der Waals surface area contributed by atoms with Crippen LogP contribution in [0.3, 0.4) is 0 Å². The van der Waals surface area contributed by atoms with E-state index in [0.717, 1.165) is 27.4 Å². The normalized spacial score (nSPS) is 12.5. The average Bonchev–Trinajstić information content (AvgIpc) is 3.29. The first-order valence-electron chi connectivity index (χ1n) is 8.20. The van der Waals surface area contributed by atoms with Gasteiger partial charge in [0.1, 0.15) is 0 Å². The van der Waals surface area contributed by atoms with E-state index in [1.807, 2.05) is 48.7 Å². The van der Waals surface area contributed by atoms with Crippen molar-refractivity contribution in [3.8, 4) is 0 Å². The number of nitrogens with one attached hydrogen (secondary N) is 1. The van der Waals surface area contributed by atoms with Gasteiger partial charge in [-0.3, -0.25) is 0 Å².